The SMILES string of the molecule is Cc1ccc(C)c(-n2c(-c3ccccc3)cn3c4c(=O)n(C)c(=O)n(C)c4nc23)c1. The first-order chi connectivity index (χ1) is 14.4. The Morgan fingerprint density at radius 2 is 1.63 bits per heavy atom. The lowest BCUT2D eigenvalue weighted by Crippen LogP contribution is -2.37. The Bertz CT molecular complexity index is 1570. The maximum absolute atomic E-state index is 13.0. The van der Waals surface area contributed by atoms with Crippen LogP contribution in [0.4, 0.5) is 0 Å². The highest BCUT2D eigenvalue weighted by Crippen LogP contribution is 2.30. The van der Waals surface area contributed by atoms with Crippen molar-refractivity contribution in [2.75, 3.05) is 0 Å². The zero-order valence-corrected chi connectivity index (χ0v) is 17.2. The summed E-state index contributed by atoms with van der Waals surface area (Å²) >= 11 is 0. The molecule has 0 aliphatic heterocycles. The summed E-state index contributed by atoms with van der Waals surface area (Å²) in [5, 5.41) is 0. The van der Waals surface area contributed by atoms with Crippen LogP contribution in [0.3, 0.4) is 0 Å². The summed E-state index contributed by atoms with van der Waals surface area (Å²) in [5.41, 5.74) is 5.13. The Morgan fingerprint density at radius 3 is 2.37 bits per heavy atom. The van der Waals surface area contributed by atoms with Crippen LogP contribution in [0.25, 0.3) is 33.9 Å². The lowest BCUT2D eigenvalue weighted by atomic mass is 10.1. The zero-order chi connectivity index (χ0) is 21.2. The first kappa shape index (κ1) is 18.2. The van der Waals surface area contributed by atoms with Crippen molar-refractivity contribution in [1.82, 2.24) is 23.1 Å². The molecule has 5 rings (SSSR count). The number of hydrogen-bond acceptors (Lipinski definition) is 3. The highest BCUT2D eigenvalue weighted by atomic mass is 16.2. The van der Waals surface area contributed by atoms with Crippen molar-refractivity contribution in [3.63, 3.8) is 0 Å². The molecule has 0 N–H and O–H groups in total. The van der Waals surface area contributed by atoms with Crippen molar-refractivity contribution < 1.29 is 0 Å². The van der Waals surface area contributed by atoms with Crippen LogP contribution in [0.5, 0.6) is 0 Å². The molecule has 0 aliphatic carbocycles. The molecule has 0 unspecified atom stereocenters. The topological polar surface area (TPSA) is 66.2 Å². The number of aryl methyl sites for hydroxylation is 3. The van der Waals surface area contributed by atoms with Gasteiger partial charge in [0.05, 0.1) is 11.4 Å². The fourth-order valence-corrected chi connectivity index (χ4v) is 3.98. The zero-order valence-electron chi connectivity index (χ0n) is 17.2. The lowest BCUT2D eigenvalue weighted by Gasteiger charge is -2.13. The molecule has 5 aromatic rings. The van der Waals surface area contributed by atoms with Crippen LogP contribution < -0.4 is 11.2 Å². The summed E-state index contributed by atoms with van der Waals surface area (Å²) in [4.78, 5) is 30.1. The van der Waals surface area contributed by atoms with Crippen molar-refractivity contribution >= 4 is 16.9 Å². The van der Waals surface area contributed by atoms with Gasteiger partial charge in [0.1, 0.15) is 0 Å². The van der Waals surface area contributed by atoms with Crippen LogP contribution in [0.15, 0.2) is 64.3 Å². The number of hydrogen-bond donors (Lipinski definition) is 0. The van der Waals surface area contributed by atoms with Crippen LogP contribution in [-0.2, 0) is 14.1 Å². The van der Waals surface area contributed by atoms with Gasteiger partial charge in [-0.05, 0) is 31.0 Å². The van der Waals surface area contributed by atoms with E-state index in [-0.39, 0.29) is 5.56 Å². The van der Waals surface area contributed by atoms with Crippen LogP contribution in [-0.4, -0.2) is 23.1 Å². The molecular formula is C23H21N5O2. The molecule has 3 heterocycles. The normalized spacial score (nSPS) is 11.6. The first-order valence-corrected chi connectivity index (χ1v) is 9.71. The van der Waals surface area contributed by atoms with Gasteiger partial charge in [-0.2, -0.15) is 4.98 Å². The lowest BCUT2D eigenvalue weighted by molar-refractivity contribution is 0.708. The Labute approximate surface area is 172 Å². The summed E-state index contributed by atoms with van der Waals surface area (Å²) in [5.74, 6) is 0.593. The van der Waals surface area contributed by atoms with Crippen molar-refractivity contribution in [2.45, 2.75) is 13.8 Å². The second-order valence-electron chi connectivity index (χ2n) is 7.67. The van der Waals surface area contributed by atoms with Gasteiger partial charge in [0, 0.05) is 25.9 Å². The minimum absolute atomic E-state index is 0.363. The van der Waals surface area contributed by atoms with Gasteiger partial charge in [0.15, 0.2) is 11.2 Å². The molecule has 0 amide bonds. The quantitative estimate of drug-likeness (QED) is 0.458. The van der Waals surface area contributed by atoms with E-state index < -0.39 is 5.69 Å². The van der Waals surface area contributed by atoms with E-state index in [1.807, 2.05) is 43.5 Å². The van der Waals surface area contributed by atoms with Gasteiger partial charge < -0.3 is 0 Å². The molecule has 2 aromatic carbocycles. The third-order valence-corrected chi connectivity index (χ3v) is 5.64. The van der Waals surface area contributed by atoms with Gasteiger partial charge in [0.25, 0.3) is 5.56 Å². The summed E-state index contributed by atoms with van der Waals surface area (Å²) in [7, 11) is 3.13. The van der Waals surface area contributed by atoms with Gasteiger partial charge >= 0.3 is 5.69 Å². The van der Waals surface area contributed by atoms with Gasteiger partial charge in [0.2, 0.25) is 5.78 Å². The molecule has 0 fully saturated rings. The summed E-state index contributed by atoms with van der Waals surface area (Å²) < 4.78 is 6.38. The Balaban J connectivity index is 2.01. The average molecular weight is 399 g/mol. The van der Waals surface area contributed by atoms with Crippen molar-refractivity contribution in [2.24, 2.45) is 14.1 Å². The van der Waals surface area contributed by atoms with Crippen LogP contribution in [0, 0.1) is 13.8 Å². The Kier molecular flexibility index (Phi) is 3.83. The third kappa shape index (κ3) is 2.41. The standard InChI is InChI=1S/C23H21N5O2/c1-14-10-11-15(2)17(12-14)28-18(16-8-6-5-7-9-16)13-27-19-20(24-22(27)28)25(3)23(30)26(4)21(19)29/h5-13H,1-4H3. The van der Waals surface area contributed by atoms with Crippen LogP contribution in [0.2, 0.25) is 0 Å². The second kappa shape index (κ2) is 6.32. The minimum atomic E-state index is -0.394. The summed E-state index contributed by atoms with van der Waals surface area (Å²) in [6.45, 7) is 4.10. The molecule has 0 bridgehead atoms. The smallest absolute Gasteiger partial charge is 0.279 e. The van der Waals surface area contributed by atoms with Gasteiger partial charge in [-0.1, -0.05) is 42.5 Å². The molecule has 150 valence electrons. The predicted molar refractivity (Wildman–Crippen MR) is 117 cm³/mol. The van der Waals surface area contributed by atoms with E-state index in [1.165, 1.54) is 11.6 Å². The van der Waals surface area contributed by atoms with E-state index in [0.29, 0.717) is 16.9 Å². The van der Waals surface area contributed by atoms with Crippen LogP contribution in [0.1, 0.15) is 11.1 Å². The van der Waals surface area contributed by atoms with Gasteiger partial charge in [-0.15, -0.1) is 0 Å². The molecule has 0 saturated carbocycles. The molecule has 0 radical (unpaired) electrons. The Hall–Kier alpha value is -3.87. The van der Waals surface area contributed by atoms with Crippen molar-refractivity contribution in [1.29, 1.82) is 0 Å². The number of benzene rings is 2. The van der Waals surface area contributed by atoms with E-state index in [0.717, 1.165) is 32.6 Å². The second-order valence-corrected chi connectivity index (χ2v) is 7.67. The largest absolute Gasteiger partial charge is 0.332 e. The molecule has 7 nitrogen and oxygen atoms in total. The van der Waals surface area contributed by atoms with E-state index in [4.69, 9.17) is 4.98 Å². The summed E-state index contributed by atoms with van der Waals surface area (Å²) in [6, 6.07) is 16.3. The predicted octanol–water partition coefficient (Wildman–Crippen LogP) is 2.96. The van der Waals surface area contributed by atoms with Crippen molar-refractivity contribution in [3.05, 3.63) is 86.7 Å². The highest BCUT2D eigenvalue weighted by Gasteiger charge is 2.22. The molecule has 3 aromatic heterocycles. The van der Waals surface area contributed by atoms with Gasteiger partial charge in [-0.3, -0.25) is 22.9 Å². The van der Waals surface area contributed by atoms with E-state index in [2.05, 4.69) is 29.7 Å². The van der Waals surface area contributed by atoms with E-state index >= 15 is 0 Å². The minimum Gasteiger partial charge on any atom is -0.279 e. The Morgan fingerprint density at radius 1 is 0.900 bits per heavy atom. The molecule has 0 spiro atoms. The maximum atomic E-state index is 13.0. The monoisotopic (exact) mass is 399 g/mol. The number of rotatable bonds is 2. The van der Waals surface area contributed by atoms with Gasteiger partial charge in [-0.25, -0.2) is 4.79 Å². The fourth-order valence-electron chi connectivity index (χ4n) is 3.98. The number of nitrogens with zero attached hydrogens (tertiary/aromatic N) is 5. The highest BCUT2D eigenvalue weighted by molar-refractivity contribution is 5.79. The van der Waals surface area contributed by atoms with Crippen LogP contribution >= 0.6 is 0 Å². The molecule has 0 aliphatic rings. The maximum Gasteiger partial charge on any atom is 0.332 e. The molecule has 30 heavy (non-hydrogen) atoms. The third-order valence-electron chi connectivity index (χ3n) is 5.64. The average Bonchev–Trinajstić information content (AvgIpc) is 3.29. The van der Waals surface area contributed by atoms with Crippen molar-refractivity contribution in [3.8, 4) is 16.9 Å². The number of aromatic nitrogens is 5. The van der Waals surface area contributed by atoms with E-state index in [1.54, 1.807) is 11.4 Å². The molecular weight excluding hydrogens is 378 g/mol. The number of imidazole rings is 2. The summed E-state index contributed by atoms with van der Waals surface area (Å²) in [6.07, 6.45) is 1.92. The fraction of sp³-hybridized carbons (Fsp3) is 0.174. The number of fused-ring (bicyclic) bond motifs is 3. The molecule has 7 heteroatoms. The first-order valence-electron chi connectivity index (χ1n) is 9.71. The molecule has 0 atom stereocenters. The molecule has 0 saturated heterocycles. The van der Waals surface area contributed by atoms with E-state index in [9.17, 15) is 9.59 Å².